The first kappa shape index (κ1) is 11.6. The summed E-state index contributed by atoms with van der Waals surface area (Å²) in [5.74, 6) is -1.90. The number of hydrogen-bond donors (Lipinski definition) is 2. The fourth-order valence-corrected chi connectivity index (χ4v) is 1.00. The van der Waals surface area contributed by atoms with Gasteiger partial charge in [0.2, 0.25) is 0 Å². The lowest BCUT2D eigenvalue weighted by Gasteiger charge is -2.11. The second kappa shape index (κ2) is 4.88. The molecule has 1 aromatic rings. The largest absolute Gasteiger partial charge is 0.381 e. The Morgan fingerprint density at radius 3 is 2.67 bits per heavy atom. The highest BCUT2D eigenvalue weighted by Crippen LogP contribution is 2.15. The van der Waals surface area contributed by atoms with Crippen molar-refractivity contribution in [3.63, 3.8) is 0 Å². The van der Waals surface area contributed by atoms with Crippen LogP contribution in [-0.4, -0.2) is 37.1 Å². The highest BCUT2D eigenvalue weighted by atomic mass is 19.1. The van der Waals surface area contributed by atoms with Crippen LogP contribution in [0, 0.1) is 11.6 Å². The number of hydrogen-bond acceptors (Lipinski definition) is 4. The van der Waals surface area contributed by atoms with Crippen molar-refractivity contribution in [1.29, 1.82) is 0 Å². The second-order valence-corrected chi connectivity index (χ2v) is 3.42. The Bertz CT molecular complexity index is 341. The van der Waals surface area contributed by atoms with E-state index in [1.165, 1.54) is 0 Å². The van der Waals surface area contributed by atoms with Gasteiger partial charge < -0.3 is 16.0 Å². The summed E-state index contributed by atoms with van der Waals surface area (Å²) in [6, 6.07) is 0.723. The van der Waals surface area contributed by atoms with E-state index in [1.54, 1.807) is 0 Å². The number of nitrogens with one attached hydrogen (secondary N) is 1. The maximum atomic E-state index is 13.1. The molecule has 4 nitrogen and oxygen atoms in total. The Balaban J connectivity index is 2.65. The minimum Gasteiger partial charge on any atom is -0.381 e. The molecule has 0 bridgehead atoms. The van der Waals surface area contributed by atoms with Crippen molar-refractivity contribution in [2.24, 2.45) is 0 Å². The van der Waals surface area contributed by atoms with Gasteiger partial charge in [0.05, 0.1) is 0 Å². The van der Waals surface area contributed by atoms with Gasteiger partial charge in [-0.2, -0.15) is 0 Å². The molecule has 0 spiro atoms. The van der Waals surface area contributed by atoms with Crippen molar-refractivity contribution < 1.29 is 8.78 Å². The van der Waals surface area contributed by atoms with Crippen molar-refractivity contribution in [2.45, 2.75) is 0 Å². The van der Waals surface area contributed by atoms with E-state index in [9.17, 15) is 8.78 Å². The molecule has 0 saturated carbocycles. The molecule has 0 radical (unpaired) electrons. The van der Waals surface area contributed by atoms with Crippen LogP contribution >= 0.6 is 0 Å². The van der Waals surface area contributed by atoms with Crippen LogP contribution in [0.3, 0.4) is 0 Å². The van der Waals surface area contributed by atoms with Crippen LogP contribution in [0.4, 0.5) is 20.4 Å². The normalized spacial score (nSPS) is 10.7. The maximum absolute atomic E-state index is 13.1. The van der Waals surface area contributed by atoms with E-state index in [0.717, 1.165) is 12.6 Å². The molecule has 1 heterocycles. The summed E-state index contributed by atoms with van der Waals surface area (Å²) in [7, 11) is 3.79. The van der Waals surface area contributed by atoms with Gasteiger partial charge in [0, 0.05) is 19.2 Å². The number of nitrogens with zero attached hydrogens (tertiary/aromatic N) is 2. The summed E-state index contributed by atoms with van der Waals surface area (Å²) in [6.07, 6.45) is 0. The van der Waals surface area contributed by atoms with E-state index in [-0.39, 0.29) is 11.6 Å². The van der Waals surface area contributed by atoms with Gasteiger partial charge in [-0.1, -0.05) is 0 Å². The third-order valence-corrected chi connectivity index (χ3v) is 1.81. The average molecular weight is 216 g/mol. The topological polar surface area (TPSA) is 54.2 Å². The molecule has 3 N–H and O–H groups in total. The van der Waals surface area contributed by atoms with Crippen LogP contribution in [0.25, 0.3) is 0 Å². The molecular weight excluding hydrogens is 202 g/mol. The Kier molecular flexibility index (Phi) is 3.79. The zero-order chi connectivity index (χ0) is 11.4. The van der Waals surface area contributed by atoms with Gasteiger partial charge in [-0.25, -0.2) is 13.8 Å². The predicted octanol–water partition coefficient (Wildman–Crippen LogP) is 0.916. The fraction of sp³-hybridized carbons (Fsp3) is 0.444. The van der Waals surface area contributed by atoms with Gasteiger partial charge >= 0.3 is 0 Å². The third kappa shape index (κ3) is 3.32. The lowest BCUT2D eigenvalue weighted by molar-refractivity contribution is 0.424. The van der Waals surface area contributed by atoms with Crippen molar-refractivity contribution in [2.75, 3.05) is 38.2 Å². The number of nitrogen functional groups attached to an aromatic ring is 1. The lowest BCUT2D eigenvalue weighted by atomic mass is 10.4. The molecule has 1 aromatic heterocycles. The molecule has 84 valence electrons. The molecule has 0 atom stereocenters. The van der Waals surface area contributed by atoms with Gasteiger partial charge in [0.25, 0.3) is 0 Å². The van der Waals surface area contributed by atoms with Crippen LogP contribution in [0.5, 0.6) is 0 Å². The fourth-order valence-electron chi connectivity index (χ4n) is 1.00. The van der Waals surface area contributed by atoms with E-state index in [2.05, 4.69) is 10.3 Å². The molecule has 0 saturated heterocycles. The monoisotopic (exact) mass is 216 g/mol. The van der Waals surface area contributed by atoms with Crippen LogP contribution in [0.1, 0.15) is 0 Å². The molecule has 6 heteroatoms. The summed E-state index contributed by atoms with van der Waals surface area (Å²) in [5.41, 5.74) is 5.22. The Labute approximate surface area is 87.1 Å². The molecule has 0 aliphatic carbocycles. The Morgan fingerprint density at radius 2 is 2.07 bits per heavy atom. The highest BCUT2D eigenvalue weighted by Gasteiger charge is 2.08. The summed E-state index contributed by atoms with van der Waals surface area (Å²) in [4.78, 5) is 5.50. The maximum Gasteiger partial charge on any atom is 0.168 e. The van der Waals surface area contributed by atoms with E-state index in [0.29, 0.717) is 6.54 Å². The van der Waals surface area contributed by atoms with Gasteiger partial charge in [0.15, 0.2) is 23.3 Å². The average Bonchev–Trinajstić information content (AvgIpc) is 2.13. The molecular formula is C9H14F2N4. The zero-order valence-corrected chi connectivity index (χ0v) is 8.72. The molecule has 0 aliphatic rings. The van der Waals surface area contributed by atoms with Crippen molar-refractivity contribution in [1.82, 2.24) is 9.88 Å². The van der Waals surface area contributed by atoms with E-state index in [1.807, 2.05) is 19.0 Å². The highest BCUT2D eigenvalue weighted by molar-refractivity contribution is 5.44. The van der Waals surface area contributed by atoms with E-state index < -0.39 is 11.6 Å². The molecule has 0 fully saturated rings. The number of pyridine rings is 1. The first-order chi connectivity index (χ1) is 7.00. The zero-order valence-electron chi connectivity index (χ0n) is 8.72. The smallest absolute Gasteiger partial charge is 0.168 e. The number of rotatable bonds is 4. The van der Waals surface area contributed by atoms with Crippen LogP contribution in [0.2, 0.25) is 0 Å². The molecule has 0 aliphatic heterocycles. The van der Waals surface area contributed by atoms with Crippen molar-refractivity contribution in [3.8, 4) is 0 Å². The van der Waals surface area contributed by atoms with Gasteiger partial charge in [-0.15, -0.1) is 0 Å². The lowest BCUT2D eigenvalue weighted by Crippen LogP contribution is -2.21. The minimum atomic E-state index is -0.842. The van der Waals surface area contributed by atoms with E-state index in [4.69, 9.17) is 5.73 Å². The van der Waals surface area contributed by atoms with Crippen LogP contribution < -0.4 is 11.1 Å². The summed E-state index contributed by atoms with van der Waals surface area (Å²) < 4.78 is 25.9. The SMILES string of the molecule is CN(C)CCNc1nc(N)c(F)cc1F. The van der Waals surface area contributed by atoms with E-state index >= 15 is 0 Å². The minimum absolute atomic E-state index is 0.0178. The molecule has 1 rings (SSSR count). The Morgan fingerprint density at radius 1 is 1.40 bits per heavy atom. The molecule has 15 heavy (non-hydrogen) atoms. The Hall–Kier alpha value is -1.43. The first-order valence-electron chi connectivity index (χ1n) is 4.51. The number of anilines is 2. The third-order valence-electron chi connectivity index (χ3n) is 1.81. The van der Waals surface area contributed by atoms with Crippen LogP contribution in [-0.2, 0) is 0 Å². The predicted molar refractivity (Wildman–Crippen MR) is 55.6 cm³/mol. The van der Waals surface area contributed by atoms with Crippen molar-refractivity contribution >= 4 is 11.6 Å². The number of nitrogens with two attached hydrogens (primary N) is 1. The van der Waals surface area contributed by atoms with Gasteiger partial charge in [0.1, 0.15) is 0 Å². The van der Waals surface area contributed by atoms with Crippen molar-refractivity contribution in [3.05, 3.63) is 17.7 Å². The number of halogens is 2. The number of aromatic nitrogens is 1. The first-order valence-corrected chi connectivity index (χ1v) is 4.51. The quantitative estimate of drug-likeness (QED) is 0.785. The molecule has 0 unspecified atom stereocenters. The summed E-state index contributed by atoms with van der Waals surface area (Å²) >= 11 is 0. The standard InChI is InChI=1S/C9H14F2N4/c1-15(2)4-3-13-9-7(11)5-6(10)8(12)14-9/h5H,3-4H2,1-2H3,(H3,12,13,14). The molecule has 0 amide bonds. The summed E-state index contributed by atoms with van der Waals surface area (Å²) in [6.45, 7) is 1.24. The van der Waals surface area contributed by atoms with Gasteiger partial charge in [-0.05, 0) is 14.1 Å². The number of likely N-dealkylation sites (N-methyl/N-ethyl adjacent to an activating group) is 1. The van der Waals surface area contributed by atoms with Gasteiger partial charge in [-0.3, -0.25) is 0 Å². The molecule has 0 aromatic carbocycles. The second-order valence-electron chi connectivity index (χ2n) is 3.42. The van der Waals surface area contributed by atoms with Crippen LogP contribution in [0.15, 0.2) is 6.07 Å². The summed E-state index contributed by atoms with van der Waals surface area (Å²) in [5, 5.41) is 2.74.